The van der Waals surface area contributed by atoms with Crippen LogP contribution in [0.3, 0.4) is 0 Å². The summed E-state index contributed by atoms with van der Waals surface area (Å²) in [5.74, 6) is 0.863. The molecule has 0 amide bonds. The molecule has 3 N–H and O–H groups in total. The molecule has 2 heterocycles. The van der Waals surface area contributed by atoms with Gasteiger partial charge in [-0.15, -0.1) is 0 Å². The third kappa shape index (κ3) is 6.17. The summed E-state index contributed by atoms with van der Waals surface area (Å²) >= 11 is 0. The normalized spacial score (nSPS) is 13.8. The fourth-order valence-electron chi connectivity index (χ4n) is 7.30. The number of aromatic nitrogens is 1. The quantitative estimate of drug-likeness (QED) is 0.0887. The van der Waals surface area contributed by atoms with Crippen LogP contribution in [-0.4, -0.2) is 16.7 Å². The van der Waals surface area contributed by atoms with Gasteiger partial charge in [-0.25, -0.2) is 4.99 Å². The van der Waals surface area contributed by atoms with E-state index in [4.69, 9.17) is 10.4 Å². The van der Waals surface area contributed by atoms with Crippen molar-refractivity contribution in [1.29, 1.82) is 5.41 Å². The molecule has 8 aromatic rings. The lowest BCUT2D eigenvalue weighted by Crippen LogP contribution is -2.25. The first-order valence-electron chi connectivity index (χ1n) is 17.8. The van der Waals surface area contributed by atoms with E-state index in [0.29, 0.717) is 12.4 Å². The van der Waals surface area contributed by atoms with Crippen molar-refractivity contribution < 1.29 is 0 Å². The van der Waals surface area contributed by atoms with Gasteiger partial charge < -0.3 is 15.5 Å². The summed E-state index contributed by atoms with van der Waals surface area (Å²) in [6, 6.07) is 58.4. The van der Waals surface area contributed by atoms with Crippen molar-refractivity contribution in [2.75, 3.05) is 10.2 Å². The Hall–Kier alpha value is -7.05. The molecule has 1 aliphatic rings. The summed E-state index contributed by atoms with van der Waals surface area (Å²) in [6.07, 6.45) is 3.76. The number of rotatable bonds is 7. The van der Waals surface area contributed by atoms with Gasteiger partial charge in [-0.3, -0.25) is 10.4 Å². The number of hydrogen-bond acceptors (Lipinski definition) is 4. The van der Waals surface area contributed by atoms with E-state index in [1.165, 1.54) is 21.7 Å². The van der Waals surface area contributed by atoms with Crippen LogP contribution in [0, 0.1) is 5.41 Å². The molecule has 254 valence electrons. The van der Waals surface area contributed by atoms with Crippen molar-refractivity contribution in [3.8, 4) is 11.1 Å². The molecular weight excluding hydrogens is 649 g/mol. The molecule has 53 heavy (non-hydrogen) atoms. The molecule has 7 aromatic carbocycles. The number of pyridine rings is 1. The van der Waals surface area contributed by atoms with E-state index in [0.717, 1.165) is 50.3 Å². The minimum absolute atomic E-state index is 0.118. The third-order valence-corrected chi connectivity index (χ3v) is 9.88. The van der Waals surface area contributed by atoms with Gasteiger partial charge in [0.2, 0.25) is 0 Å². The van der Waals surface area contributed by atoms with E-state index in [2.05, 4.69) is 142 Å². The molecule has 1 atom stereocenters. The van der Waals surface area contributed by atoms with Gasteiger partial charge in [-0.05, 0) is 51.2 Å². The molecule has 0 aliphatic carbocycles. The van der Waals surface area contributed by atoms with Gasteiger partial charge in [0, 0.05) is 46.5 Å². The molecule has 6 nitrogen and oxygen atoms in total. The molecule has 0 radical (unpaired) electrons. The Morgan fingerprint density at radius 2 is 1.32 bits per heavy atom. The van der Waals surface area contributed by atoms with Gasteiger partial charge in [-0.1, -0.05) is 152 Å². The second-order valence-corrected chi connectivity index (χ2v) is 13.2. The standard InChI is InChI=1S/C47H36N6/c48-45(34-15-6-2-7-16-34)52-46(50-30-32-13-4-1-5-14-32)35-25-23-33(24-26-35)37-19-12-20-38(29-37)53-44-42-31-49-28-27-40(42)39-21-10-11-22-41(39)43(44)51-47(53)36-17-8-3-9-18-36/h1-29,31,47,51H,30H2,(H2,48,50,52). The minimum atomic E-state index is -0.118. The van der Waals surface area contributed by atoms with Gasteiger partial charge in [0.05, 0.1) is 11.4 Å². The molecule has 0 spiro atoms. The lowest BCUT2D eigenvalue weighted by atomic mass is 9.99. The molecule has 9 rings (SSSR count). The van der Waals surface area contributed by atoms with Gasteiger partial charge in [0.15, 0.2) is 5.84 Å². The van der Waals surface area contributed by atoms with Crippen LogP contribution in [0.5, 0.6) is 0 Å². The summed E-state index contributed by atoms with van der Waals surface area (Å²) in [6.45, 7) is 0.596. The van der Waals surface area contributed by atoms with E-state index in [1.54, 1.807) is 0 Å². The number of hydrogen-bond donors (Lipinski definition) is 3. The number of nitrogens with zero attached hydrogens (tertiary/aromatic N) is 3. The Labute approximate surface area is 308 Å². The molecule has 0 bridgehead atoms. The first-order chi connectivity index (χ1) is 26.2. The number of nitrogens with one attached hydrogen (secondary N) is 3. The molecule has 0 saturated heterocycles. The minimum Gasteiger partial charge on any atom is -0.365 e. The molecule has 1 aromatic heterocycles. The van der Waals surface area contributed by atoms with E-state index in [-0.39, 0.29) is 12.0 Å². The second-order valence-electron chi connectivity index (χ2n) is 13.2. The second kappa shape index (κ2) is 13.9. The maximum Gasteiger partial charge on any atom is 0.154 e. The highest BCUT2D eigenvalue weighted by atomic mass is 15.3. The van der Waals surface area contributed by atoms with Crippen molar-refractivity contribution >= 4 is 50.3 Å². The Balaban J connectivity index is 1.10. The maximum absolute atomic E-state index is 8.76. The van der Waals surface area contributed by atoms with E-state index >= 15 is 0 Å². The van der Waals surface area contributed by atoms with Crippen LogP contribution in [0.15, 0.2) is 187 Å². The Kier molecular flexibility index (Phi) is 8.38. The monoisotopic (exact) mass is 684 g/mol. The van der Waals surface area contributed by atoms with Gasteiger partial charge in [-0.2, -0.15) is 0 Å². The lowest BCUT2D eigenvalue weighted by Gasteiger charge is -2.28. The van der Waals surface area contributed by atoms with Crippen molar-refractivity contribution in [3.63, 3.8) is 0 Å². The van der Waals surface area contributed by atoms with Gasteiger partial charge in [0.1, 0.15) is 12.0 Å². The topological polar surface area (TPSA) is 76.4 Å². The molecule has 1 unspecified atom stereocenters. The zero-order valence-electron chi connectivity index (χ0n) is 28.9. The number of amidine groups is 2. The summed E-state index contributed by atoms with van der Waals surface area (Å²) < 4.78 is 0. The van der Waals surface area contributed by atoms with Crippen molar-refractivity contribution in [3.05, 3.63) is 205 Å². The third-order valence-electron chi connectivity index (χ3n) is 9.88. The molecule has 1 aliphatic heterocycles. The molecule has 6 heteroatoms. The summed E-state index contributed by atoms with van der Waals surface area (Å²) in [7, 11) is 0. The van der Waals surface area contributed by atoms with Crippen LogP contribution < -0.4 is 15.5 Å². The highest BCUT2D eigenvalue weighted by molar-refractivity contribution is 6.22. The van der Waals surface area contributed by atoms with E-state index < -0.39 is 0 Å². The maximum atomic E-state index is 8.76. The van der Waals surface area contributed by atoms with Crippen LogP contribution in [-0.2, 0) is 6.54 Å². The number of fused-ring (bicyclic) bond motifs is 6. The predicted molar refractivity (Wildman–Crippen MR) is 219 cm³/mol. The number of anilines is 3. The number of aliphatic imine (C=N–C) groups is 1. The van der Waals surface area contributed by atoms with E-state index in [9.17, 15) is 0 Å². The zero-order chi connectivity index (χ0) is 35.6. The van der Waals surface area contributed by atoms with Crippen LogP contribution in [0.2, 0.25) is 0 Å². The van der Waals surface area contributed by atoms with Crippen LogP contribution in [0.1, 0.15) is 28.4 Å². The van der Waals surface area contributed by atoms with Gasteiger partial charge in [0.25, 0.3) is 0 Å². The lowest BCUT2D eigenvalue weighted by molar-refractivity contribution is 0.830. The van der Waals surface area contributed by atoms with Crippen LogP contribution in [0.4, 0.5) is 17.1 Å². The first-order valence-corrected chi connectivity index (χ1v) is 17.8. The van der Waals surface area contributed by atoms with Crippen molar-refractivity contribution in [1.82, 2.24) is 10.3 Å². The average Bonchev–Trinajstić information content (AvgIpc) is 3.65. The molecule has 0 fully saturated rings. The largest absolute Gasteiger partial charge is 0.365 e. The number of benzene rings is 7. The highest BCUT2D eigenvalue weighted by Crippen LogP contribution is 2.53. The average molecular weight is 685 g/mol. The fraction of sp³-hybridized carbons (Fsp3) is 0.0426. The fourth-order valence-corrected chi connectivity index (χ4v) is 7.30. The van der Waals surface area contributed by atoms with Crippen molar-refractivity contribution in [2.24, 2.45) is 4.99 Å². The summed E-state index contributed by atoms with van der Waals surface area (Å²) in [5.41, 5.74) is 9.50. The predicted octanol–water partition coefficient (Wildman–Crippen LogP) is 10.9. The van der Waals surface area contributed by atoms with Crippen molar-refractivity contribution in [2.45, 2.75) is 12.7 Å². The SMILES string of the molecule is N=C(/N=C(\NCc1ccccc1)c1ccc(-c2cccc(N3c4c(c5ccccc5c5ccncc45)NC3c3ccccc3)c2)cc1)c1ccccc1. The van der Waals surface area contributed by atoms with E-state index in [1.807, 2.05) is 60.9 Å². The van der Waals surface area contributed by atoms with Crippen LogP contribution >= 0.6 is 0 Å². The molecular formula is C47H36N6. The smallest absolute Gasteiger partial charge is 0.154 e. The summed E-state index contributed by atoms with van der Waals surface area (Å²) in [5, 5.41) is 20.9. The molecule has 0 saturated carbocycles. The Bertz CT molecular complexity index is 2600. The first kappa shape index (κ1) is 31.9. The summed E-state index contributed by atoms with van der Waals surface area (Å²) in [4.78, 5) is 11.8. The Morgan fingerprint density at radius 1 is 0.642 bits per heavy atom. The Morgan fingerprint density at radius 3 is 2.09 bits per heavy atom. The van der Waals surface area contributed by atoms with Gasteiger partial charge >= 0.3 is 0 Å². The zero-order valence-corrected chi connectivity index (χ0v) is 28.9. The highest BCUT2D eigenvalue weighted by Gasteiger charge is 2.34. The van der Waals surface area contributed by atoms with Crippen LogP contribution in [0.25, 0.3) is 32.7 Å².